The van der Waals surface area contributed by atoms with Gasteiger partial charge < -0.3 is 10.6 Å². The highest BCUT2D eigenvalue weighted by Crippen LogP contribution is 2.14. The van der Waals surface area contributed by atoms with Crippen molar-refractivity contribution in [3.8, 4) is 5.69 Å². The Morgan fingerprint density at radius 1 is 1.04 bits per heavy atom. The van der Waals surface area contributed by atoms with E-state index in [4.69, 9.17) is 5.73 Å². The molecule has 0 aliphatic heterocycles. The second kappa shape index (κ2) is 9.28. The van der Waals surface area contributed by atoms with Crippen LogP contribution in [0.4, 0.5) is 0 Å². The lowest BCUT2D eigenvalue weighted by Gasteiger charge is -2.22. The molecular formula is C22H27N5O. The van der Waals surface area contributed by atoms with Crippen LogP contribution >= 0.6 is 0 Å². The zero-order valence-electron chi connectivity index (χ0n) is 16.5. The Bertz CT molecular complexity index is 902. The van der Waals surface area contributed by atoms with Crippen molar-refractivity contribution in [1.29, 1.82) is 0 Å². The van der Waals surface area contributed by atoms with Crippen molar-refractivity contribution in [1.82, 2.24) is 19.9 Å². The van der Waals surface area contributed by atoms with Crippen LogP contribution in [0, 0.1) is 13.8 Å². The highest BCUT2D eigenvalue weighted by molar-refractivity contribution is 5.78. The third-order valence-electron chi connectivity index (χ3n) is 4.85. The number of carbonyl (C=O) groups excluding carboxylic acids is 1. The number of hydrogen-bond donors (Lipinski definition) is 1. The number of carbonyl (C=O) groups is 1. The number of amides is 1. The van der Waals surface area contributed by atoms with Gasteiger partial charge in [-0.15, -0.1) is 5.10 Å². The lowest BCUT2D eigenvalue weighted by Crippen LogP contribution is -2.38. The summed E-state index contributed by atoms with van der Waals surface area (Å²) in [5, 5.41) is 8.49. The minimum atomic E-state index is 0.0282. The Balaban J connectivity index is 1.68. The Kier molecular flexibility index (Phi) is 6.55. The number of rotatable bonds is 8. The second-order valence-corrected chi connectivity index (χ2v) is 6.95. The third kappa shape index (κ3) is 4.84. The zero-order chi connectivity index (χ0) is 19.9. The molecule has 0 fully saturated rings. The number of aromatic nitrogens is 3. The van der Waals surface area contributed by atoms with Gasteiger partial charge in [0.2, 0.25) is 5.91 Å². The lowest BCUT2D eigenvalue weighted by atomic mass is 10.1. The number of nitrogens with two attached hydrogens (primary N) is 1. The van der Waals surface area contributed by atoms with E-state index in [1.54, 1.807) is 4.68 Å². The monoisotopic (exact) mass is 377 g/mol. The summed E-state index contributed by atoms with van der Waals surface area (Å²) in [5.74, 6) is 0.0282. The molecule has 28 heavy (non-hydrogen) atoms. The number of nitrogens with zero attached hydrogens (tertiary/aromatic N) is 4. The molecule has 6 heteroatoms. The highest BCUT2D eigenvalue weighted by atomic mass is 16.2. The van der Waals surface area contributed by atoms with Crippen molar-refractivity contribution < 1.29 is 4.79 Å². The van der Waals surface area contributed by atoms with Crippen LogP contribution in [0.25, 0.3) is 5.69 Å². The minimum absolute atomic E-state index is 0.0282. The van der Waals surface area contributed by atoms with Crippen LogP contribution in [-0.2, 0) is 17.6 Å². The fourth-order valence-electron chi connectivity index (χ4n) is 3.14. The van der Waals surface area contributed by atoms with Crippen LogP contribution in [0.2, 0.25) is 0 Å². The van der Waals surface area contributed by atoms with Crippen LogP contribution in [0.5, 0.6) is 0 Å². The molecule has 0 saturated heterocycles. The van der Waals surface area contributed by atoms with E-state index in [9.17, 15) is 4.79 Å². The van der Waals surface area contributed by atoms with Gasteiger partial charge in [0.15, 0.2) is 0 Å². The third-order valence-corrected chi connectivity index (χ3v) is 4.85. The maximum Gasteiger partial charge on any atom is 0.228 e. The fourth-order valence-corrected chi connectivity index (χ4v) is 3.14. The SMILES string of the molecule is Cc1ccc(-n2nnc(CC(=O)N(CCN)CCc3ccccc3)c2C)cc1. The van der Waals surface area contributed by atoms with Crippen LogP contribution in [0.15, 0.2) is 54.6 Å². The van der Waals surface area contributed by atoms with E-state index in [0.717, 1.165) is 17.8 Å². The molecule has 1 amide bonds. The molecule has 0 unspecified atom stereocenters. The average Bonchev–Trinajstić information content (AvgIpc) is 3.07. The molecule has 0 aliphatic rings. The molecule has 0 spiro atoms. The van der Waals surface area contributed by atoms with E-state index >= 15 is 0 Å². The lowest BCUT2D eigenvalue weighted by molar-refractivity contribution is -0.130. The summed E-state index contributed by atoms with van der Waals surface area (Å²) >= 11 is 0. The van der Waals surface area contributed by atoms with Gasteiger partial charge in [0.25, 0.3) is 0 Å². The summed E-state index contributed by atoms with van der Waals surface area (Å²) in [7, 11) is 0. The number of aryl methyl sites for hydroxylation is 1. The largest absolute Gasteiger partial charge is 0.341 e. The van der Waals surface area contributed by atoms with Gasteiger partial charge >= 0.3 is 0 Å². The molecule has 146 valence electrons. The molecule has 0 atom stereocenters. The van der Waals surface area contributed by atoms with Gasteiger partial charge in [-0.05, 0) is 38.0 Å². The standard InChI is InChI=1S/C22H27N5O/c1-17-8-10-20(11-9-17)27-18(2)21(24-25-27)16-22(28)26(15-13-23)14-12-19-6-4-3-5-7-19/h3-11H,12-16,23H2,1-2H3. The molecule has 0 aliphatic carbocycles. The van der Waals surface area contributed by atoms with E-state index in [0.29, 0.717) is 25.3 Å². The molecule has 2 aromatic carbocycles. The molecule has 1 heterocycles. The molecular weight excluding hydrogens is 350 g/mol. The van der Waals surface area contributed by atoms with Crippen LogP contribution in [0.1, 0.15) is 22.5 Å². The van der Waals surface area contributed by atoms with Gasteiger partial charge in [0, 0.05) is 19.6 Å². The molecule has 1 aromatic heterocycles. The second-order valence-electron chi connectivity index (χ2n) is 6.95. The van der Waals surface area contributed by atoms with E-state index < -0.39 is 0 Å². The summed E-state index contributed by atoms with van der Waals surface area (Å²) in [6, 6.07) is 18.2. The first-order valence-electron chi connectivity index (χ1n) is 9.58. The van der Waals surface area contributed by atoms with Gasteiger partial charge in [0.1, 0.15) is 0 Å². The number of hydrogen-bond acceptors (Lipinski definition) is 4. The Morgan fingerprint density at radius 3 is 2.43 bits per heavy atom. The van der Waals surface area contributed by atoms with Crippen molar-refractivity contribution >= 4 is 5.91 Å². The first-order valence-corrected chi connectivity index (χ1v) is 9.58. The molecule has 0 radical (unpaired) electrons. The summed E-state index contributed by atoms with van der Waals surface area (Å²) in [4.78, 5) is 14.7. The Hall–Kier alpha value is -2.99. The van der Waals surface area contributed by atoms with Gasteiger partial charge in [-0.25, -0.2) is 4.68 Å². The summed E-state index contributed by atoms with van der Waals surface area (Å²) in [6.07, 6.45) is 1.04. The van der Waals surface area contributed by atoms with E-state index in [1.807, 2.05) is 61.2 Å². The van der Waals surface area contributed by atoms with Gasteiger partial charge in [-0.3, -0.25) is 4.79 Å². The molecule has 0 saturated carbocycles. The normalized spacial score (nSPS) is 10.8. The smallest absolute Gasteiger partial charge is 0.228 e. The Morgan fingerprint density at radius 2 is 1.75 bits per heavy atom. The van der Waals surface area contributed by atoms with Gasteiger partial charge in [-0.2, -0.15) is 0 Å². The van der Waals surface area contributed by atoms with Gasteiger partial charge in [0.05, 0.1) is 23.5 Å². The quantitative estimate of drug-likeness (QED) is 0.654. The first kappa shape index (κ1) is 19.8. The zero-order valence-corrected chi connectivity index (χ0v) is 16.5. The first-order chi connectivity index (χ1) is 13.6. The molecule has 3 rings (SSSR count). The summed E-state index contributed by atoms with van der Waals surface area (Å²) in [6.45, 7) is 5.61. The topological polar surface area (TPSA) is 77.0 Å². The van der Waals surface area contributed by atoms with E-state index in [1.165, 1.54) is 11.1 Å². The predicted octanol–water partition coefficient (Wildman–Crippen LogP) is 2.46. The van der Waals surface area contributed by atoms with Crippen molar-refractivity contribution in [2.24, 2.45) is 5.73 Å². The van der Waals surface area contributed by atoms with Crippen molar-refractivity contribution in [3.05, 3.63) is 77.1 Å². The molecule has 2 N–H and O–H groups in total. The molecule has 3 aromatic rings. The maximum atomic E-state index is 12.9. The van der Waals surface area contributed by atoms with Crippen LogP contribution in [-0.4, -0.2) is 45.4 Å². The van der Waals surface area contributed by atoms with Crippen LogP contribution in [0.3, 0.4) is 0 Å². The fraction of sp³-hybridized carbons (Fsp3) is 0.318. The van der Waals surface area contributed by atoms with Crippen molar-refractivity contribution in [2.75, 3.05) is 19.6 Å². The predicted molar refractivity (Wildman–Crippen MR) is 110 cm³/mol. The van der Waals surface area contributed by atoms with Crippen molar-refractivity contribution in [3.63, 3.8) is 0 Å². The van der Waals surface area contributed by atoms with Gasteiger partial charge in [-0.1, -0.05) is 53.2 Å². The number of benzene rings is 2. The van der Waals surface area contributed by atoms with Crippen molar-refractivity contribution in [2.45, 2.75) is 26.7 Å². The summed E-state index contributed by atoms with van der Waals surface area (Å²) in [5.41, 5.74) is 10.6. The maximum absolute atomic E-state index is 12.9. The molecule has 6 nitrogen and oxygen atoms in total. The van der Waals surface area contributed by atoms with E-state index in [-0.39, 0.29) is 12.3 Å². The van der Waals surface area contributed by atoms with Crippen LogP contribution < -0.4 is 5.73 Å². The molecule has 0 bridgehead atoms. The highest BCUT2D eigenvalue weighted by Gasteiger charge is 2.18. The minimum Gasteiger partial charge on any atom is -0.341 e. The average molecular weight is 377 g/mol. The van der Waals surface area contributed by atoms with E-state index in [2.05, 4.69) is 22.4 Å². The summed E-state index contributed by atoms with van der Waals surface area (Å²) < 4.78 is 1.78. The Labute approximate surface area is 166 Å².